The van der Waals surface area contributed by atoms with Gasteiger partial charge >= 0.3 is 12.1 Å². The van der Waals surface area contributed by atoms with Crippen LogP contribution in [0.5, 0.6) is 0 Å². The Morgan fingerprint density at radius 1 is 1.00 bits per heavy atom. The molecule has 1 aromatic rings. The summed E-state index contributed by atoms with van der Waals surface area (Å²) in [5.74, 6) is -0.159. The van der Waals surface area contributed by atoms with Gasteiger partial charge in [-0.2, -0.15) is 13.2 Å². The zero-order valence-electron chi connectivity index (χ0n) is 19.5. The van der Waals surface area contributed by atoms with Crippen molar-refractivity contribution in [3.8, 4) is 0 Å². The monoisotopic (exact) mass is 481 g/mol. The van der Waals surface area contributed by atoms with Crippen LogP contribution < -0.4 is 4.90 Å². The maximum Gasteiger partial charge on any atom is 0.416 e. The Morgan fingerprint density at radius 3 is 2.35 bits per heavy atom. The third kappa shape index (κ3) is 6.03. The van der Waals surface area contributed by atoms with E-state index in [0.717, 1.165) is 57.8 Å². The van der Waals surface area contributed by atoms with E-state index < -0.39 is 17.7 Å². The third-order valence-corrected chi connectivity index (χ3v) is 7.82. The summed E-state index contributed by atoms with van der Waals surface area (Å²) in [4.78, 5) is 30.4. The zero-order chi connectivity index (χ0) is 24.3. The number of carbonyl (C=O) groups is 2. The number of benzene rings is 1. The highest BCUT2D eigenvalue weighted by Crippen LogP contribution is 2.34. The molecule has 1 amide bonds. The molecule has 1 N–H and O–H groups in total. The minimum absolute atomic E-state index is 0.0781. The van der Waals surface area contributed by atoms with Crippen LogP contribution in [0.2, 0.25) is 0 Å². The van der Waals surface area contributed by atoms with Gasteiger partial charge in [0.1, 0.15) is 0 Å². The fraction of sp³-hybridized carbons (Fsp3) is 0.680. The van der Waals surface area contributed by atoms with Gasteiger partial charge in [-0.15, -0.1) is 0 Å². The molecule has 0 spiro atoms. The van der Waals surface area contributed by atoms with Crippen LogP contribution in [0, 0.1) is 17.8 Å². The molecule has 1 aliphatic carbocycles. The van der Waals surface area contributed by atoms with Gasteiger partial charge in [-0.25, -0.2) is 0 Å². The van der Waals surface area contributed by atoms with Gasteiger partial charge in [0.2, 0.25) is 5.91 Å². The zero-order valence-corrected chi connectivity index (χ0v) is 19.5. The first-order chi connectivity index (χ1) is 16.2. The second-order valence-corrected chi connectivity index (χ2v) is 9.98. The molecule has 9 heteroatoms. The predicted molar refractivity (Wildman–Crippen MR) is 122 cm³/mol. The molecular formula is C25H34F3N3O3. The third-order valence-electron chi connectivity index (χ3n) is 7.82. The lowest BCUT2D eigenvalue weighted by molar-refractivity contribution is -0.143. The Labute approximate surface area is 198 Å². The van der Waals surface area contributed by atoms with Gasteiger partial charge in [-0.1, -0.05) is 12.5 Å². The molecule has 2 saturated heterocycles. The van der Waals surface area contributed by atoms with Crippen molar-refractivity contribution in [2.45, 2.75) is 44.7 Å². The normalized spacial score (nSPS) is 24.7. The first kappa shape index (κ1) is 24.8. The van der Waals surface area contributed by atoms with Crippen molar-refractivity contribution in [1.29, 1.82) is 0 Å². The van der Waals surface area contributed by atoms with E-state index in [1.807, 2.05) is 9.80 Å². The molecule has 34 heavy (non-hydrogen) atoms. The summed E-state index contributed by atoms with van der Waals surface area (Å²) in [6, 6.07) is 5.47. The van der Waals surface area contributed by atoms with Gasteiger partial charge in [0.15, 0.2) is 0 Å². The number of aliphatic carboxylic acids is 1. The van der Waals surface area contributed by atoms with E-state index in [0.29, 0.717) is 31.9 Å². The quantitative estimate of drug-likeness (QED) is 0.639. The van der Waals surface area contributed by atoms with Gasteiger partial charge in [0.05, 0.1) is 5.56 Å². The van der Waals surface area contributed by atoms with Gasteiger partial charge in [0.25, 0.3) is 0 Å². The maximum absolute atomic E-state index is 13.0. The van der Waals surface area contributed by atoms with Crippen molar-refractivity contribution in [2.24, 2.45) is 17.8 Å². The first-order valence-corrected chi connectivity index (χ1v) is 12.4. The number of hydrogen-bond donors (Lipinski definition) is 1. The highest BCUT2D eigenvalue weighted by atomic mass is 19.4. The Bertz CT molecular complexity index is 866. The number of nitrogens with zero attached hydrogens (tertiary/aromatic N) is 3. The number of carboxylic acid groups (broad SMARTS) is 1. The van der Waals surface area contributed by atoms with Crippen molar-refractivity contribution < 1.29 is 27.9 Å². The lowest BCUT2D eigenvalue weighted by Crippen LogP contribution is -2.50. The van der Waals surface area contributed by atoms with E-state index in [-0.39, 0.29) is 30.1 Å². The molecule has 0 radical (unpaired) electrons. The molecule has 2 heterocycles. The summed E-state index contributed by atoms with van der Waals surface area (Å²) in [5.41, 5.74) is -0.0383. The molecular weight excluding hydrogens is 447 g/mol. The Morgan fingerprint density at radius 2 is 1.74 bits per heavy atom. The van der Waals surface area contributed by atoms with Gasteiger partial charge in [-0.3, -0.25) is 14.5 Å². The second kappa shape index (κ2) is 10.5. The highest BCUT2D eigenvalue weighted by molar-refractivity contribution is 5.79. The average Bonchev–Trinajstić information content (AvgIpc) is 2.77. The van der Waals surface area contributed by atoms with Gasteiger partial charge in [-0.05, 0) is 62.3 Å². The van der Waals surface area contributed by atoms with Crippen LogP contribution in [0.25, 0.3) is 0 Å². The molecule has 2 atom stereocenters. The molecule has 2 aliphatic heterocycles. The van der Waals surface area contributed by atoms with Gasteiger partial charge < -0.3 is 14.9 Å². The number of piperidine rings is 1. The van der Waals surface area contributed by atoms with Crippen LogP contribution in [0.15, 0.2) is 24.3 Å². The predicted octanol–water partition coefficient (Wildman–Crippen LogP) is 3.96. The maximum atomic E-state index is 13.0. The number of amides is 1. The summed E-state index contributed by atoms with van der Waals surface area (Å²) in [6.07, 6.45) is 0.400. The van der Waals surface area contributed by atoms with Crippen molar-refractivity contribution in [1.82, 2.24) is 9.80 Å². The van der Waals surface area contributed by atoms with E-state index in [4.69, 9.17) is 0 Å². The molecule has 1 aromatic carbocycles. The lowest BCUT2D eigenvalue weighted by Gasteiger charge is -2.42. The number of likely N-dealkylation sites (tertiary alicyclic amines) is 1. The molecule has 3 fully saturated rings. The van der Waals surface area contributed by atoms with E-state index in [1.54, 1.807) is 6.07 Å². The minimum atomic E-state index is -4.35. The number of piperazine rings is 1. The van der Waals surface area contributed by atoms with Crippen LogP contribution >= 0.6 is 0 Å². The Balaban J connectivity index is 1.30. The molecule has 6 nitrogen and oxygen atoms in total. The van der Waals surface area contributed by atoms with E-state index in [2.05, 4.69) is 4.90 Å². The SMILES string of the molecule is O=C(O)CC1CCN(C(=O)C2CCC2)CC1CCN1CCN(c2cccc(C(F)(F)F)c2)CC1. The number of carboxylic acids is 1. The minimum Gasteiger partial charge on any atom is -0.481 e. The highest BCUT2D eigenvalue weighted by Gasteiger charge is 2.37. The van der Waals surface area contributed by atoms with Crippen LogP contribution in [0.3, 0.4) is 0 Å². The summed E-state index contributed by atoms with van der Waals surface area (Å²) in [5, 5.41) is 9.35. The summed E-state index contributed by atoms with van der Waals surface area (Å²) >= 11 is 0. The second-order valence-electron chi connectivity index (χ2n) is 9.98. The van der Waals surface area contributed by atoms with Crippen molar-refractivity contribution in [2.75, 3.05) is 50.7 Å². The summed E-state index contributed by atoms with van der Waals surface area (Å²) in [6.45, 7) is 4.89. The summed E-state index contributed by atoms with van der Waals surface area (Å²) in [7, 11) is 0. The molecule has 188 valence electrons. The van der Waals surface area contributed by atoms with E-state index in [9.17, 15) is 27.9 Å². The molecule has 1 saturated carbocycles. The fourth-order valence-electron chi connectivity index (χ4n) is 5.47. The average molecular weight is 482 g/mol. The topological polar surface area (TPSA) is 64.1 Å². The molecule has 0 aromatic heterocycles. The van der Waals surface area contributed by atoms with Crippen LogP contribution in [-0.2, 0) is 15.8 Å². The molecule has 4 rings (SSSR count). The van der Waals surface area contributed by atoms with E-state index >= 15 is 0 Å². The lowest BCUT2D eigenvalue weighted by atomic mass is 9.79. The van der Waals surface area contributed by atoms with E-state index in [1.165, 1.54) is 12.1 Å². The Hall–Kier alpha value is -2.29. The molecule has 3 aliphatic rings. The van der Waals surface area contributed by atoms with Crippen molar-refractivity contribution >= 4 is 17.6 Å². The van der Waals surface area contributed by atoms with Crippen molar-refractivity contribution in [3.05, 3.63) is 29.8 Å². The number of carbonyl (C=O) groups excluding carboxylic acids is 1. The van der Waals surface area contributed by atoms with Crippen LogP contribution in [0.4, 0.5) is 18.9 Å². The number of anilines is 1. The van der Waals surface area contributed by atoms with Crippen molar-refractivity contribution in [3.63, 3.8) is 0 Å². The largest absolute Gasteiger partial charge is 0.481 e. The Kier molecular flexibility index (Phi) is 7.70. The summed E-state index contributed by atoms with van der Waals surface area (Å²) < 4.78 is 39.1. The molecule has 0 bridgehead atoms. The fourth-order valence-corrected chi connectivity index (χ4v) is 5.47. The smallest absolute Gasteiger partial charge is 0.416 e. The first-order valence-electron chi connectivity index (χ1n) is 12.4. The number of hydrogen-bond acceptors (Lipinski definition) is 4. The van der Waals surface area contributed by atoms with Gasteiger partial charge in [0, 0.05) is 57.3 Å². The van der Waals surface area contributed by atoms with Crippen LogP contribution in [-0.4, -0.2) is 72.6 Å². The molecule has 2 unspecified atom stereocenters. The number of halogens is 3. The standard InChI is InChI=1S/C25H34F3N3O3/c26-25(27,28)21-5-2-6-22(16-21)30-13-11-29(12-14-30)9-7-20-17-31(24(34)18-3-1-4-18)10-8-19(20)15-23(32)33/h2,5-6,16,18-20H,1,3-4,7-15,17H2,(H,32,33). The van der Waals surface area contributed by atoms with Crippen LogP contribution in [0.1, 0.15) is 44.1 Å². The number of rotatable bonds is 7. The number of alkyl halides is 3.